The van der Waals surface area contributed by atoms with Gasteiger partial charge in [0.2, 0.25) is 5.91 Å². The van der Waals surface area contributed by atoms with Gasteiger partial charge in [-0.1, -0.05) is 49.7 Å². The quantitative estimate of drug-likeness (QED) is 0.708. The molecule has 0 saturated carbocycles. The Balaban J connectivity index is 1.81. The van der Waals surface area contributed by atoms with Gasteiger partial charge >= 0.3 is 0 Å². The molecule has 2 aromatic carbocycles. The van der Waals surface area contributed by atoms with Gasteiger partial charge in [-0.15, -0.1) is 0 Å². The van der Waals surface area contributed by atoms with Crippen LogP contribution in [0.2, 0.25) is 0 Å². The second-order valence-electron chi connectivity index (χ2n) is 6.65. The summed E-state index contributed by atoms with van der Waals surface area (Å²) in [6.45, 7) is 5.59. The number of nitrogens with one attached hydrogen (secondary N) is 1. The summed E-state index contributed by atoms with van der Waals surface area (Å²) >= 11 is 0. The zero-order valence-corrected chi connectivity index (χ0v) is 14.8. The summed E-state index contributed by atoms with van der Waals surface area (Å²) in [5.74, 6) is 0.403. The molecule has 1 N–H and O–H groups in total. The van der Waals surface area contributed by atoms with Crippen molar-refractivity contribution < 1.29 is 9.59 Å². The Bertz CT molecular complexity index is 708. The highest BCUT2D eigenvalue weighted by molar-refractivity contribution is 5.83. The van der Waals surface area contributed by atoms with Gasteiger partial charge in [-0.2, -0.15) is 0 Å². The number of carbonyl (C=O) groups excluding carboxylic acids is 2. The molecule has 3 heteroatoms. The molecule has 2 rings (SSSR count). The van der Waals surface area contributed by atoms with Crippen LogP contribution in [0.5, 0.6) is 0 Å². The van der Waals surface area contributed by atoms with E-state index < -0.39 is 0 Å². The predicted octanol–water partition coefficient (Wildman–Crippen LogP) is 4.80. The Morgan fingerprint density at radius 3 is 2.42 bits per heavy atom. The molecule has 0 saturated heterocycles. The third-order valence-corrected chi connectivity index (χ3v) is 4.64. The molecule has 0 unspecified atom stereocenters. The molecule has 0 aromatic heterocycles. The SMILES string of the molecule is CC(=O)[C@@H](C)CCCCC(=O)N[C@@H](C)c1ccc2ccccc2c1. The van der Waals surface area contributed by atoms with Crippen LogP contribution in [0.3, 0.4) is 0 Å². The Labute approximate surface area is 144 Å². The van der Waals surface area contributed by atoms with Crippen molar-refractivity contribution in [3.8, 4) is 0 Å². The number of ketones is 1. The van der Waals surface area contributed by atoms with Crippen LogP contribution in [-0.2, 0) is 9.59 Å². The molecule has 128 valence electrons. The Hall–Kier alpha value is -2.16. The van der Waals surface area contributed by atoms with Crippen molar-refractivity contribution in [3.05, 3.63) is 48.0 Å². The highest BCUT2D eigenvalue weighted by atomic mass is 16.1. The van der Waals surface area contributed by atoms with Crippen LogP contribution in [0, 0.1) is 5.92 Å². The second kappa shape index (κ2) is 8.62. The van der Waals surface area contributed by atoms with E-state index >= 15 is 0 Å². The Morgan fingerprint density at radius 1 is 1.00 bits per heavy atom. The van der Waals surface area contributed by atoms with Crippen molar-refractivity contribution in [3.63, 3.8) is 0 Å². The lowest BCUT2D eigenvalue weighted by Gasteiger charge is -2.15. The van der Waals surface area contributed by atoms with Crippen LogP contribution in [0.4, 0.5) is 0 Å². The lowest BCUT2D eigenvalue weighted by molar-refractivity contribution is -0.121. The molecule has 2 aromatic rings. The van der Waals surface area contributed by atoms with Gasteiger partial charge in [-0.05, 0) is 49.1 Å². The topological polar surface area (TPSA) is 46.2 Å². The number of carbonyl (C=O) groups is 2. The van der Waals surface area contributed by atoms with Crippen LogP contribution in [-0.4, -0.2) is 11.7 Å². The van der Waals surface area contributed by atoms with Crippen molar-refractivity contribution in [2.75, 3.05) is 0 Å². The molecule has 0 radical (unpaired) electrons. The van der Waals surface area contributed by atoms with E-state index in [0.717, 1.165) is 24.8 Å². The normalized spacial score (nSPS) is 13.5. The zero-order valence-electron chi connectivity index (χ0n) is 14.8. The van der Waals surface area contributed by atoms with E-state index in [1.54, 1.807) is 6.92 Å². The largest absolute Gasteiger partial charge is 0.350 e. The van der Waals surface area contributed by atoms with Gasteiger partial charge in [-0.25, -0.2) is 0 Å². The van der Waals surface area contributed by atoms with Crippen molar-refractivity contribution >= 4 is 22.5 Å². The Kier molecular flexibility index (Phi) is 6.53. The van der Waals surface area contributed by atoms with E-state index in [2.05, 4.69) is 35.6 Å². The van der Waals surface area contributed by atoms with E-state index in [0.29, 0.717) is 6.42 Å². The lowest BCUT2D eigenvalue weighted by atomic mass is 9.99. The molecule has 24 heavy (non-hydrogen) atoms. The first-order chi connectivity index (χ1) is 11.5. The summed E-state index contributed by atoms with van der Waals surface area (Å²) in [6, 6.07) is 14.5. The van der Waals surface area contributed by atoms with Crippen LogP contribution >= 0.6 is 0 Å². The van der Waals surface area contributed by atoms with Crippen molar-refractivity contribution in [1.29, 1.82) is 0 Å². The third-order valence-electron chi connectivity index (χ3n) is 4.64. The number of hydrogen-bond acceptors (Lipinski definition) is 2. The molecule has 0 heterocycles. The highest BCUT2D eigenvalue weighted by Crippen LogP contribution is 2.20. The van der Waals surface area contributed by atoms with E-state index in [4.69, 9.17) is 0 Å². The molecule has 0 aliphatic carbocycles. The van der Waals surface area contributed by atoms with E-state index in [1.807, 2.05) is 26.0 Å². The monoisotopic (exact) mass is 325 g/mol. The van der Waals surface area contributed by atoms with Crippen LogP contribution < -0.4 is 5.32 Å². The molecular formula is C21H27NO2. The summed E-state index contributed by atoms with van der Waals surface area (Å²) in [5.41, 5.74) is 1.12. The van der Waals surface area contributed by atoms with Crippen LogP contribution in [0.15, 0.2) is 42.5 Å². The van der Waals surface area contributed by atoms with Gasteiger partial charge in [0.05, 0.1) is 6.04 Å². The van der Waals surface area contributed by atoms with Gasteiger partial charge < -0.3 is 5.32 Å². The summed E-state index contributed by atoms with van der Waals surface area (Å²) < 4.78 is 0. The minimum Gasteiger partial charge on any atom is -0.350 e. The molecule has 0 fully saturated rings. The summed E-state index contributed by atoms with van der Waals surface area (Å²) in [7, 11) is 0. The molecule has 1 amide bonds. The van der Waals surface area contributed by atoms with E-state index in [1.165, 1.54) is 10.8 Å². The fraction of sp³-hybridized carbons (Fsp3) is 0.429. The number of hydrogen-bond donors (Lipinski definition) is 1. The van der Waals surface area contributed by atoms with Gasteiger partial charge in [0, 0.05) is 12.3 Å². The number of Topliss-reactive ketones (excluding diaryl/α,β-unsaturated/α-hetero) is 1. The lowest BCUT2D eigenvalue weighted by Crippen LogP contribution is -2.26. The number of unbranched alkanes of at least 4 members (excludes halogenated alkanes) is 1. The van der Waals surface area contributed by atoms with Gasteiger partial charge in [0.25, 0.3) is 0 Å². The van der Waals surface area contributed by atoms with Crippen molar-refractivity contribution in [1.82, 2.24) is 5.32 Å². The Morgan fingerprint density at radius 2 is 1.71 bits per heavy atom. The smallest absolute Gasteiger partial charge is 0.220 e. The van der Waals surface area contributed by atoms with Gasteiger partial charge in [0.1, 0.15) is 5.78 Å². The number of rotatable bonds is 8. The summed E-state index contributed by atoms with van der Waals surface area (Å²) in [6.07, 6.45) is 3.12. The van der Waals surface area contributed by atoms with Gasteiger partial charge in [-0.3, -0.25) is 9.59 Å². The second-order valence-corrected chi connectivity index (χ2v) is 6.65. The third kappa shape index (κ3) is 5.19. The molecule has 0 bridgehead atoms. The number of benzene rings is 2. The average Bonchev–Trinajstić information content (AvgIpc) is 2.57. The summed E-state index contributed by atoms with van der Waals surface area (Å²) in [4.78, 5) is 23.3. The maximum Gasteiger partial charge on any atom is 0.220 e. The molecule has 2 atom stereocenters. The standard InChI is InChI=1S/C21H27NO2/c1-15(17(3)23)8-4-7-11-21(24)22-16(2)19-13-12-18-9-5-6-10-20(18)14-19/h5-6,9-10,12-16H,4,7-8,11H2,1-3H3,(H,22,24)/t15-,16-/m0/s1. The number of amides is 1. The molecule has 0 aliphatic heterocycles. The number of fused-ring (bicyclic) bond motifs is 1. The highest BCUT2D eigenvalue weighted by Gasteiger charge is 2.11. The molecule has 0 aliphatic rings. The minimum atomic E-state index is -0.00162. The van der Waals surface area contributed by atoms with Crippen molar-refractivity contribution in [2.24, 2.45) is 5.92 Å². The molecule has 0 spiro atoms. The first kappa shape index (κ1) is 18.2. The first-order valence-corrected chi connectivity index (χ1v) is 8.76. The van der Waals surface area contributed by atoms with Crippen LogP contribution in [0.1, 0.15) is 58.1 Å². The van der Waals surface area contributed by atoms with E-state index in [9.17, 15) is 9.59 Å². The van der Waals surface area contributed by atoms with Crippen LogP contribution in [0.25, 0.3) is 10.8 Å². The van der Waals surface area contributed by atoms with E-state index in [-0.39, 0.29) is 23.7 Å². The van der Waals surface area contributed by atoms with Gasteiger partial charge in [0.15, 0.2) is 0 Å². The first-order valence-electron chi connectivity index (χ1n) is 8.76. The maximum atomic E-state index is 12.1. The fourth-order valence-corrected chi connectivity index (χ4v) is 2.81. The minimum absolute atomic E-state index is 0.00162. The fourth-order valence-electron chi connectivity index (χ4n) is 2.81. The zero-order chi connectivity index (χ0) is 17.5. The summed E-state index contributed by atoms with van der Waals surface area (Å²) in [5, 5.41) is 5.46. The molecular weight excluding hydrogens is 298 g/mol. The molecule has 3 nitrogen and oxygen atoms in total. The maximum absolute atomic E-state index is 12.1. The van der Waals surface area contributed by atoms with Crippen molar-refractivity contribution in [2.45, 2.75) is 52.5 Å². The predicted molar refractivity (Wildman–Crippen MR) is 98.8 cm³/mol. The average molecular weight is 325 g/mol.